The Morgan fingerprint density at radius 3 is 2.14 bits per heavy atom. The molecular formula is C34H39N5O4S. The molecule has 1 unspecified atom stereocenters. The number of nitrogens with zero attached hydrogens (tertiary/aromatic N) is 2. The van der Waals surface area contributed by atoms with Crippen LogP contribution in [0.25, 0.3) is 11.1 Å². The maximum Gasteiger partial charge on any atom is 0.408 e. The first-order chi connectivity index (χ1) is 21.2. The number of ether oxygens (including phenoxy) is 1. The molecule has 0 saturated heterocycles. The molecule has 0 saturated carbocycles. The number of hydrazine groups is 1. The summed E-state index contributed by atoms with van der Waals surface area (Å²) in [5.74, 6) is -0.552. The first-order valence-electron chi connectivity index (χ1n) is 14.7. The molecule has 3 N–H and O–H groups in total. The molecule has 9 nitrogen and oxygen atoms in total. The van der Waals surface area contributed by atoms with Gasteiger partial charge in [0.15, 0.2) is 0 Å². The van der Waals surface area contributed by atoms with Crippen LogP contribution in [0.4, 0.5) is 4.79 Å². The summed E-state index contributed by atoms with van der Waals surface area (Å²) in [6.45, 7) is 8.24. The van der Waals surface area contributed by atoms with Crippen LogP contribution in [-0.2, 0) is 16.1 Å². The Balaban J connectivity index is 1.37. The van der Waals surface area contributed by atoms with Gasteiger partial charge in [-0.05, 0) is 59.1 Å². The second-order valence-corrected chi connectivity index (χ2v) is 12.3. The second-order valence-electron chi connectivity index (χ2n) is 11.4. The molecule has 4 aromatic rings. The minimum Gasteiger partial charge on any atom is -0.445 e. The number of hydrogen-bond acceptors (Lipinski definition) is 7. The van der Waals surface area contributed by atoms with Crippen LogP contribution in [0, 0.1) is 11.8 Å². The monoisotopic (exact) mass is 613 g/mol. The van der Waals surface area contributed by atoms with Crippen LogP contribution in [0.2, 0.25) is 0 Å². The summed E-state index contributed by atoms with van der Waals surface area (Å²) in [5, 5.41) is 5.13. The fourth-order valence-electron chi connectivity index (χ4n) is 4.73. The van der Waals surface area contributed by atoms with Crippen LogP contribution in [-0.4, -0.2) is 33.9 Å². The van der Waals surface area contributed by atoms with Gasteiger partial charge in [0.05, 0.1) is 0 Å². The minimum absolute atomic E-state index is 0.0266. The van der Waals surface area contributed by atoms with Gasteiger partial charge in [-0.25, -0.2) is 9.78 Å². The van der Waals surface area contributed by atoms with E-state index in [-0.39, 0.29) is 24.1 Å². The van der Waals surface area contributed by atoms with E-state index in [1.807, 2.05) is 32.0 Å². The number of carbonyl (C=O) groups is 3. The van der Waals surface area contributed by atoms with Gasteiger partial charge in [-0.3, -0.25) is 25.4 Å². The summed E-state index contributed by atoms with van der Waals surface area (Å²) >= 11 is 1.42. The highest BCUT2D eigenvalue weighted by atomic mass is 32.1. The van der Waals surface area contributed by atoms with Crippen molar-refractivity contribution in [2.24, 2.45) is 11.8 Å². The van der Waals surface area contributed by atoms with Gasteiger partial charge in [0.2, 0.25) is 0 Å². The molecule has 3 amide bonds. The fraction of sp³-hybridized carbons (Fsp3) is 0.324. The molecule has 2 aromatic heterocycles. The fourth-order valence-corrected chi connectivity index (χ4v) is 5.67. The number of carbonyl (C=O) groups excluding carboxylic acids is 3. The average molecular weight is 614 g/mol. The lowest BCUT2D eigenvalue weighted by atomic mass is 9.89. The molecule has 10 heteroatoms. The molecule has 4 rings (SSSR count). The van der Waals surface area contributed by atoms with E-state index < -0.39 is 23.9 Å². The predicted octanol–water partition coefficient (Wildman–Crippen LogP) is 6.49. The molecule has 2 heterocycles. The van der Waals surface area contributed by atoms with Crippen molar-refractivity contribution in [3.63, 3.8) is 0 Å². The molecule has 44 heavy (non-hydrogen) atoms. The molecule has 0 aliphatic carbocycles. The molecule has 2 aromatic carbocycles. The Labute approximate surface area is 262 Å². The molecule has 0 radical (unpaired) electrons. The first-order valence-corrected chi connectivity index (χ1v) is 15.6. The van der Waals surface area contributed by atoms with Gasteiger partial charge in [-0.2, -0.15) is 0 Å². The van der Waals surface area contributed by atoms with Crippen molar-refractivity contribution in [2.45, 2.75) is 59.1 Å². The van der Waals surface area contributed by atoms with E-state index in [1.54, 1.807) is 29.9 Å². The van der Waals surface area contributed by atoms with Gasteiger partial charge >= 0.3 is 6.09 Å². The zero-order chi connectivity index (χ0) is 31.5. The second kappa shape index (κ2) is 15.8. The van der Waals surface area contributed by atoms with Crippen LogP contribution in [0.5, 0.6) is 0 Å². The van der Waals surface area contributed by atoms with Crippen LogP contribution >= 0.6 is 11.3 Å². The van der Waals surface area contributed by atoms with Gasteiger partial charge in [0.25, 0.3) is 11.8 Å². The van der Waals surface area contributed by atoms with E-state index in [1.165, 1.54) is 11.3 Å². The summed E-state index contributed by atoms with van der Waals surface area (Å²) in [6.07, 6.45) is 3.70. The van der Waals surface area contributed by atoms with Crippen molar-refractivity contribution in [3.05, 3.63) is 106 Å². The summed E-state index contributed by atoms with van der Waals surface area (Å²) in [7, 11) is 0. The molecule has 230 valence electrons. The van der Waals surface area contributed by atoms with Crippen molar-refractivity contribution in [1.29, 1.82) is 0 Å². The van der Waals surface area contributed by atoms with Crippen LogP contribution < -0.4 is 16.2 Å². The Bertz CT molecular complexity index is 1510. The van der Waals surface area contributed by atoms with E-state index in [2.05, 4.69) is 76.4 Å². The Kier molecular flexibility index (Phi) is 11.6. The Morgan fingerprint density at radius 1 is 0.818 bits per heavy atom. The highest BCUT2D eigenvalue weighted by molar-refractivity contribution is 7.10. The topological polar surface area (TPSA) is 122 Å². The number of nitrogens with one attached hydrogen (secondary N) is 3. The molecule has 0 aliphatic heterocycles. The van der Waals surface area contributed by atoms with Gasteiger partial charge in [-0.15, -0.1) is 11.3 Å². The third kappa shape index (κ3) is 9.47. The van der Waals surface area contributed by atoms with Crippen LogP contribution in [0.15, 0.2) is 84.5 Å². The largest absolute Gasteiger partial charge is 0.445 e. The van der Waals surface area contributed by atoms with E-state index >= 15 is 0 Å². The number of benzene rings is 2. The molecule has 0 aliphatic rings. The van der Waals surface area contributed by atoms with Crippen molar-refractivity contribution >= 4 is 29.2 Å². The lowest BCUT2D eigenvalue weighted by Crippen LogP contribution is -2.52. The average Bonchev–Trinajstić information content (AvgIpc) is 3.52. The van der Waals surface area contributed by atoms with E-state index in [9.17, 15) is 14.4 Å². The lowest BCUT2D eigenvalue weighted by molar-refractivity contribution is -0.124. The van der Waals surface area contributed by atoms with Gasteiger partial charge in [0, 0.05) is 23.7 Å². The Morgan fingerprint density at radius 2 is 1.48 bits per heavy atom. The van der Waals surface area contributed by atoms with Crippen LogP contribution in [0.1, 0.15) is 73.1 Å². The highest BCUT2D eigenvalue weighted by Gasteiger charge is 2.25. The summed E-state index contributed by atoms with van der Waals surface area (Å²) in [6, 6.07) is 21.3. The van der Waals surface area contributed by atoms with Gasteiger partial charge in [0.1, 0.15) is 23.4 Å². The highest BCUT2D eigenvalue weighted by Crippen LogP contribution is 2.34. The standard InChI is InChI=1S/C34H39N5O4S/c1-22(2)18-28(27-12-10-26(11-13-27)25-8-6-5-7-9-25)33-36-30(21-44-33)32(41)39-38-31(40)29(19-23(3)4)37-34(42)43-20-24-14-16-35-17-15-24/h5-17,21-23,28-29H,18-20H2,1-4H3,(H,37,42)(H,38,40)(H,39,41)/t28?,29-/m1/s1. The van der Waals surface area contributed by atoms with Gasteiger partial charge in [-0.1, -0.05) is 82.3 Å². The SMILES string of the molecule is CC(C)CC(c1ccc(-c2ccccc2)cc1)c1nc(C(=O)NNC(=O)[C@@H](CC(C)C)NC(=O)OCc2ccncc2)cs1. The first kappa shape index (κ1) is 32.3. The smallest absolute Gasteiger partial charge is 0.408 e. The summed E-state index contributed by atoms with van der Waals surface area (Å²) in [5.41, 5.74) is 9.30. The van der Waals surface area contributed by atoms with E-state index in [4.69, 9.17) is 4.74 Å². The zero-order valence-corrected chi connectivity index (χ0v) is 26.3. The number of thiazole rings is 1. The van der Waals surface area contributed by atoms with E-state index in [0.717, 1.165) is 33.7 Å². The quantitative estimate of drug-likeness (QED) is 0.157. The number of aromatic nitrogens is 2. The summed E-state index contributed by atoms with van der Waals surface area (Å²) < 4.78 is 5.25. The normalized spacial score (nSPS) is 12.4. The zero-order valence-electron chi connectivity index (χ0n) is 25.4. The minimum atomic E-state index is -0.902. The molecule has 0 bridgehead atoms. The number of rotatable bonds is 12. The predicted molar refractivity (Wildman–Crippen MR) is 172 cm³/mol. The lowest BCUT2D eigenvalue weighted by Gasteiger charge is -2.20. The number of hydrogen-bond donors (Lipinski definition) is 3. The van der Waals surface area contributed by atoms with Crippen molar-refractivity contribution in [1.82, 2.24) is 26.1 Å². The number of pyridine rings is 1. The van der Waals surface area contributed by atoms with Crippen molar-refractivity contribution in [2.75, 3.05) is 0 Å². The maximum absolute atomic E-state index is 13.0. The van der Waals surface area contributed by atoms with Crippen molar-refractivity contribution in [3.8, 4) is 11.1 Å². The maximum atomic E-state index is 13.0. The molecule has 2 atom stereocenters. The number of amides is 3. The Hall–Kier alpha value is -4.57. The third-order valence-electron chi connectivity index (χ3n) is 6.91. The molecule has 0 fully saturated rings. The molecular weight excluding hydrogens is 574 g/mol. The van der Waals surface area contributed by atoms with Crippen LogP contribution in [0.3, 0.4) is 0 Å². The number of alkyl carbamates (subject to hydrolysis) is 1. The summed E-state index contributed by atoms with van der Waals surface area (Å²) in [4.78, 5) is 46.9. The van der Waals surface area contributed by atoms with E-state index in [0.29, 0.717) is 12.3 Å². The molecule has 0 spiro atoms. The van der Waals surface area contributed by atoms with Crippen molar-refractivity contribution < 1.29 is 19.1 Å². The third-order valence-corrected chi connectivity index (χ3v) is 7.87. The van der Waals surface area contributed by atoms with Gasteiger partial charge < -0.3 is 10.1 Å².